The number of rotatable bonds is 8. The summed E-state index contributed by atoms with van der Waals surface area (Å²) < 4.78 is 62.1. The molecule has 0 spiro atoms. The zero-order chi connectivity index (χ0) is 28.4. The average Bonchev–Trinajstić information content (AvgIpc) is 3.12. The molecule has 2 heterocycles. The zero-order valence-corrected chi connectivity index (χ0v) is 21.5. The third-order valence-electron chi connectivity index (χ3n) is 6.58. The number of halogens is 5. The number of hydrogen-bond donors (Lipinski definition) is 1. The summed E-state index contributed by atoms with van der Waals surface area (Å²) in [6.45, 7) is 0.170. The van der Waals surface area contributed by atoms with Gasteiger partial charge >= 0.3 is 0 Å². The minimum absolute atomic E-state index is 0.0882. The van der Waals surface area contributed by atoms with Gasteiger partial charge < -0.3 is 14.6 Å². The van der Waals surface area contributed by atoms with Crippen LogP contribution in [0.4, 0.5) is 23.4 Å². The predicted octanol–water partition coefficient (Wildman–Crippen LogP) is 4.01. The van der Waals surface area contributed by atoms with Gasteiger partial charge in [-0.05, 0) is 31.2 Å². The summed E-state index contributed by atoms with van der Waals surface area (Å²) in [5.74, 6) is -6.32. The molecule has 1 N–H and O–H groups in total. The van der Waals surface area contributed by atoms with E-state index in [1.165, 1.54) is 38.3 Å². The van der Waals surface area contributed by atoms with E-state index in [-0.39, 0.29) is 17.9 Å². The van der Waals surface area contributed by atoms with E-state index in [1.807, 2.05) is 0 Å². The number of nitrogens with one attached hydrogen (secondary N) is 1. The van der Waals surface area contributed by atoms with Crippen molar-refractivity contribution >= 4 is 29.2 Å². The second kappa shape index (κ2) is 11.4. The molecule has 13 heteroatoms. The second-order valence-electron chi connectivity index (χ2n) is 8.90. The number of carbonyl (C=O) groups is 2. The van der Waals surface area contributed by atoms with Gasteiger partial charge in [-0.1, -0.05) is 11.6 Å². The highest BCUT2D eigenvalue weighted by molar-refractivity contribution is 6.30. The molecule has 1 aromatic heterocycles. The van der Waals surface area contributed by atoms with Crippen molar-refractivity contribution in [3.05, 3.63) is 86.9 Å². The van der Waals surface area contributed by atoms with Gasteiger partial charge in [-0.15, -0.1) is 0 Å². The number of benzene rings is 2. The van der Waals surface area contributed by atoms with E-state index in [9.17, 15) is 23.2 Å². The lowest BCUT2D eigenvalue weighted by Crippen LogP contribution is -2.40. The van der Waals surface area contributed by atoms with Gasteiger partial charge in [-0.2, -0.15) is 0 Å². The molecule has 2 amide bonds. The molecule has 1 saturated heterocycles. The molecule has 0 saturated carbocycles. The van der Waals surface area contributed by atoms with Gasteiger partial charge in [0.25, 0.3) is 17.9 Å². The van der Waals surface area contributed by atoms with E-state index in [0.717, 1.165) is 29.4 Å². The molecular weight excluding hydrogens is 544 g/mol. The summed E-state index contributed by atoms with van der Waals surface area (Å²) in [6, 6.07) is 6.78. The quantitative estimate of drug-likeness (QED) is 0.416. The largest absolute Gasteiger partial charge is 0.497 e. The van der Waals surface area contributed by atoms with Gasteiger partial charge in [0.15, 0.2) is 0 Å². The zero-order valence-electron chi connectivity index (χ0n) is 20.7. The molecule has 3 aromatic rings. The number of carbonyl (C=O) groups excluding carboxylic acids is 2. The molecule has 0 aliphatic carbocycles. The fourth-order valence-corrected chi connectivity index (χ4v) is 4.91. The smallest absolute Gasteiger partial charge is 0.294 e. The second-order valence-corrected chi connectivity index (χ2v) is 9.34. The minimum Gasteiger partial charge on any atom is -0.497 e. The number of methoxy groups -OCH3 is 1. The van der Waals surface area contributed by atoms with Gasteiger partial charge in [0.05, 0.1) is 19.6 Å². The lowest BCUT2D eigenvalue weighted by atomic mass is 9.83. The average molecular weight is 567 g/mol. The molecule has 2 aromatic carbocycles. The number of amides is 2. The molecule has 206 valence electrons. The molecule has 3 atom stereocenters. The number of alkyl halides is 2. The lowest BCUT2D eigenvalue weighted by Gasteiger charge is -2.25. The maximum Gasteiger partial charge on any atom is 0.294 e. The molecule has 39 heavy (non-hydrogen) atoms. The normalized spacial score (nSPS) is 19.0. The summed E-state index contributed by atoms with van der Waals surface area (Å²) in [5.41, 5.74) is -1.19. The van der Waals surface area contributed by atoms with Crippen LogP contribution in [0.2, 0.25) is 5.02 Å². The molecule has 4 rings (SSSR count). The fourth-order valence-electron chi connectivity index (χ4n) is 4.78. The van der Waals surface area contributed by atoms with E-state index >= 15 is 8.78 Å². The van der Waals surface area contributed by atoms with Crippen molar-refractivity contribution in [1.82, 2.24) is 14.9 Å². The highest BCUT2D eigenvalue weighted by atomic mass is 35.5. The van der Waals surface area contributed by atoms with Crippen LogP contribution in [-0.4, -0.2) is 47.5 Å². The Balaban J connectivity index is 1.75. The molecule has 8 nitrogen and oxygen atoms in total. The van der Waals surface area contributed by atoms with Crippen molar-refractivity contribution in [2.24, 2.45) is 5.92 Å². The standard InChI is InChI=1S/C26H23ClF4N4O4/c1-13-21(22-18(28)9-16(39-2)10-19(22)29)17(11-33-24(36)14-3-5-15(27)6-4-14)25(37)35(13)23-26(38)34(8-7-32-23)12-20(30)31/h3-10,13,17,20-21H,11-12H2,1-2H3,(H,33,36)/t13-,17?,21+/m0/s1. The first kappa shape index (κ1) is 28.1. The summed E-state index contributed by atoms with van der Waals surface area (Å²) >= 11 is 5.86. The topological polar surface area (TPSA) is 93.5 Å². The maximum absolute atomic E-state index is 15.2. The van der Waals surface area contributed by atoms with Crippen LogP contribution in [0, 0.1) is 17.6 Å². The van der Waals surface area contributed by atoms with E-state index in [2.05, 4.69) is 10.3 Å². The minimum atomic E-state index is -2.85. The monoisotopic (exact) mass is 566 g/mol. The van der Waals surface area contributed by atoms with Crippen LogP contribution in [0.3, 0.4) is 0 Å². The molecule has 1 unspecified atom stereocenters. The van der Waals surface area contributed by atoms with E-state index < -0.39 is 71.2 Å². The van der Waals surface area contributed by atoms with Gasteiger partial charge in [0, 0.05) is 59.2 Å². The van der Waals surface area contributed by atoms with E-state index in [0.29, 0.717) is 9.59 Å². The first-order chi connectivity index (χ1) is 18.5. The molecule has 1 aliphatic heterocycles. The van der Waals surface area contributed by atoms with Gasteiger partial charge in [0.1, 0.15) is 17.4 Å². The van der Waals surface area contributed by atoms with Gasteiger partial charge in [-0.25, -0.2) is 22.5 Å². The van der Waals surface area contributed by atoms with Crippen molar-refractivity contribution in [1.29, 1.82) is 0 Å². The SMILES string of the molecule is COc1cc(F)c([C@H]2C(CNC(=O)c3ccc(Cl)cc3)C(=O)N(c3nccn(CC(F)F)c3=O)[C@H]2C)c(F)c1. The van der Waals surface area contributed by atoms with Gasteiger partial charge in [-0.3, -0.25) is 19.3 Å². The molecule has 0 radical (unpaired) electrons. The Bertz CT molecular complexity index is 1430. The highest BCUT2D eigenvalue weighted by Gasteiger charge is 2.50. The number of aromatic nitrogens is 2. The Labute approximate surface area is 225 Å². The first-order valence-corrected chi connectivity index (χ1v) is 12.1. The Kier molecular flexibility index (Phi) is 8.24. The van der Waals surface area contributed by atoms with Crippen LogP contribution >= 0.6 is 11.6 Å². The van der Waals surface area contributed by atoms with Crippen LogP contribution in [0.15, 0.2) is 53.6 Å². The van der Waals surface area contributed by atoms with E-state index in [1.54, 1.807) is 0 Å². The molecule has 1 aliphatic rings. The predicted molar refractivity (Wildman–Crippen MR) is 134 cm³/mol. The fraction of sp³-hybridized carbons (Fsp3) is 0.308. The number of ether oxygens (including phenoxy) is 1. The van der Waals surface area contributed by atoms with E-state index in [4.69, 9.17) is 16.3 Å². The van der Waals surface area contributed by atoms with Crippen molar-refractivity contribution in [3.8, 4) is 5.75 Å². The van der Waals surface area contributed by atoms with Crippen molar-refractivity contribution < 1.29 is 31.9 Å². The van der Waals surface area contributed by atoms with Crippen molar-refractivity contribution in [2.45, 2.75) is 31.9 Å². The van der Waals surface area contributed by atoms with Gasteiger partial charge in [0.2, 0.25) is 11.7 Å². The van der Waals surface area contributed by atoms with Crippen molar-refractivity contribution in [3.63, 3.8) is 0 Å². The Morgan fingerprint density at radius 2 is 1.79 bits per heavy atom. The number of hydrogen-bond acceptors (Lipinski definition) is 5. The summed E-state index contributed by atoms with van der Waals surface area (Å²) in [6.07, 6.45) is -0.721. The third kappa shape index (κ3) is 5.60. The Hall–Kier alpha value is -3.93. The summed E-state index contributed by atoms with van der Waals surface area (Å²) in [5, 5.41) is 3.00. The lowest BCUT2D eigenvalue weighted by molar-refractivity contribution is -0.120. The summed E-state index contributed by atoms with van der Waals surface area (Å²) in [4.78, 5) is 44.2. The first-order valence-electron chi connectivity index (χ1n) is 11.8. The number of anilines is 1. The van der Waals surface area contributed by atoms with Crippen molar-refractivity contribution in [2.75, 3.05) is 18.6 Å². The maximum atomic E-state index is 15.2. The van der Waals surface area contributed by atoms with Crippen LogP contribution in [0.25, 0.3) is 0 Å². The Morgan fingerprint density at radius 3 is 2.38 bits per heavy atom. The summed E-state index contributed by atoms with van der Waals surface area (Å²) in [7, 11) is 1.23. The molecule has 0 bridgehead atoms. The van der Waals surface area contributed by atoms with Crippen LogP contribution in [-0.2, 0) is 11.3 Å². The molecular formula is C26H23ClF4N4O4. The third-order valence-corrected chi connectivity index (χ3v) is 6.84. The Morgan fingerprint density at radius 1 is 1.15 bits per heavy atom. The van der Waals surface area contributed by atoms with Crippen LogP contribution in [0.1, 0.15) is 28.8 Å². The van der Waals surface area contributed by atoms with Crippen LogP contribution < -0.4 is 20.5 Å². The highest BCUT2D eigenvalue weighted by Crippen LogP contribution is 2.42. The van der Waals surface area contributed by atoms with Crippen LogP contribution in [0.5, 0.6) is 5.75 Å². The number of nitrogens with zero attached hydrogens (tertiary/aromatic N) is 3. The molecule has 1 fully saturated rings.